The van der Waals surface area contributed by atoms with Crippen LogP contribution in [0.2, 0.25) is 0 Å². The molecule has 6 nitrogen and oxygen atoms in total. The zero-order valence-electron chi connectivity index (χ0n) is 18.0. The summed E-state index contributed by atoms with van der Waals surface area (Å²) in [5.74, 6) is -2.16. The average molecular weight is 419 g/mol. The highest BCUT2D eigenvalue weighted by atomic mass is 19.1. The van der Waals surface area contributed by atoms with Gasteiger partial charge >= 0.3 is 5.97 Å². The van der Waals surface area contributed by atoms with E-state index in [-0.39, 0.29) is 37.0 Å². The van der Waals surface area contributed by atoms with Gasteiger partial charge in [-0.05, 0) is 38.0 Å². The molecule has 1 atom stereocenters. The van der Waals surface area contributed by atoms with Crippen molar-refractivity contribution in [1.29, 1.82) is 0 Å². The summed E-state index contributed by atoms with van der Waals surface area (Å²) in [6, 6.07) is 5.87. The summed E-state index contributed by atoms with van der Waals surface area (Å²) in [5, 5.41) is 2.83. The van der Waals surface area contributed by atoms with Crippen molar-refractivity contribution in [3.8, 4) is 0 Å². The molecule has 2 amide bonds. The monoisotopic (exact) mass is 418 g/mol. The van der Waals surface area contributed by atoms with Gasteiger partial charge in [-0.2, -0.15) is 0 Å². The van der Waals surface area contributed by atoms with Crippen molar-refractivity contribution in [1.82, 2.24) is 10.2 Å². The Morgan fingerprint density at radius 1 is 1.23 bits per heavy atom. The average Bonchev–Trinajstić information content (AvgIpc) is 2.70. The van der Waals surface area contributed by atoms with Crippen LogP contribution in [0.15, 0.2) is 35.5 Å². The normalized spacial score (nSPS) is 16.6. The first-order valence-electron chi connectivity index (χ1n) is 10.6. The maximum atomic E-state index is 13.8. The van der Waals surface area contributed by atoms with Gasteiger partial charge in [0.25, 0.3) is 0 Å². The van der Waals surface area contributed by atoms with Gasteiger partial charge in [0.15, 0.2) is 0 Å². The number of halogens is 1. The smallest absolute Gasteiger partial charge is 0.336 e. The number of benzene rings is 1. The van der Waals surface area contributed by atoms with Crippen molar-refractivity contribution in [3.63, 3.8) is 0 Å². The number of unbranched alkanes of at least 4 members (excludes halogenated alkanes) is 3. The number of rotatable bonds is 10. The highest BCUT2D eigenvalue weighted by molar-refractivity contribution is 5.97. The molecular formula is C23H31FN2O4. The van der Waals surface area contributed by atoms with Crippen molar-refractivity contribution in [3.05, 3.63) is 46.9 Å². The van der Waals surface area contributed by atoms with Crippen molar-refractivity contribution in [2.24, 2.45) is 0 Å². The summed E-state index contributed by atoms with van der Waals surface area (Å²) >= 11 is 0. The molecule has 164 valence electrons. The number of carbonyl (C=O) groups is 3. The van der Waals surface area contributed by atoms with Crippen molar-refractivity contribution >= 4 is 17.8 Å². The number of nitrogens with zero attached hydrogens (tertiary/aromatic N) is 1. The van der Waals surface area contributed by atoms with Gasteiger partial charge in [-0.15, -0.1) is 0 Å². The highest BCUT2D eigenvalue weighted by Gasteiger charge is 2.37. The Hall–Kier alpha value is -2.70. The predicted molar refractivity (Wildman–Crippen MR) is 112 cm³/mol. The predicted octanol–water partition coefficient (Wildman–Crippen LogP) is 3.68. The van der Waals surface area contributed by atoms with Crippen LogP contribution in [0, 0.1) is 5.82 Å². The highest BCUT2D eigenvalue weighted by Crippen LogP contribution is 2.37. The molecular weight excluding hydrogens is 387 g/mol. The first-order chi connectivity index (χ1) is 14.4. The van der Waals surface area contributed by atoms with E-state index in [0.29, 0.717) is 17.8 Å². The van der Waals surface area contributed by atoms with Gasteiger partial charge < -0.3 is 15.0 Å². The van der Waals surface area contributed by atoms with Crippen LogP contribution in [0.25, 0.3) is 0 Å². The number of nitrogens with one attached hydrogen (secondary N) is 1. The molecule has 2 rings (SSSR count). The molecule has 7 heteroatoms. The Balaban J connectivity index is 2.22. The van der Waals surface area contributed by atoms with E-state index in [9.17, 15) is 18.8 Å². The molecule has 1 heterocycles. The number of hydrogen-bond acceptors (Lipinski definition) is 4. The maximum Gasteiger partial charge on any atom is 0.336 e. The van der Waals surface area contributed by atoms with Gasteiger partial charge in [0.2, 0.25) is 11.8 Å². The first kappa shape index (κ1) is 23.6. The summed E-state index contributed by atoms with van der Waals surface area (Å²) < 4.78 is 19.0. The van der Waals surface area contributed by atoms with Crippen molar-refractivity contribution in [2.75, 3.05) is 19.7 Å². The number of amides is 2. The zero-order chi connectivity index (χ0) is 22.1. The third kappa shape index (κ3) is 6.15. The van der Waals surface area contributed by atoms with E-state index in [1.54, 1.807) is 26.0 Å². The minimum absolute atomic E-state index is 0.0290. The van der Waals surface area contributed by atoms with Crippen LogP contribution in [0.3, 0.4) is 0 Å². The first-order valence-corrected chi connectivity index (χ1v) is 10.6. The molecule has 0 saturated carbocycles. The summed E-state index contributed by atoms with van der Waals surface area (Å²) in [5.41, 5.74) is 1.20. The third-order valence-electron chi connectivity index (χ3n) is 5.22. The second-order valence-corrected chi connectivity index (χ2v) is 7.42. The quantitative estimate of drug-likeness (QED) is 0.465. The second kappa shape index (κ2) is 11.5. The summed E-state index contributed by atoms with van der Waals surface area (Å²) in [6.45, 7) is 6.02. The molecule has 1 aromatic carbocycles. The van der Waals surface area contributed by atoms with Crippen LogP contribution in [0.4, 0.5) is 4.39 Å². The minimum atomic E-state index is -0.611. The second-order valence-electron chi connectivity index (χ2n) is 7.42. The van der Waals surface area contributed by atoms with Crippen molar-refractivity contribution in [2.45, 2.75) is 58.8 Å². The van der Waals surface area contributed by atoms with Crippen LogP contribution in [-0.2, 0) is 19.1 Å². The standard InChI is InChI=1S/C23H31FN2O4/c1-4-6-7-8-12-25-20(27)15-26-16(3)22(23(29)30-5-2)19(14-21(26)28)17-10-9-11-18(24)13-17/h9-11,13,19H,4-8,12,14-15H2,1-3H3,(H,25,27)/t19-/m1/s1. The van der Waals surface area contributed by atoms with E-state index in [1.165, 1.54) is 17.0 Å². The summed E-state index contributed by atoms with van der Waals surface area (Å²) in [7, 11) is 0. The number of esters is 1. The van der Waals surface area contributed by atoms with E-state index < -0.39 is 17.7 Å². The molecule has 1 aliphatic rings. The van der Waals surface area contributed by atoms with E-state index in [1.807, 2.05) is 0 Å². The number of ether oxygens (including phenoxy) is 1. The Morgan fingerprint density at radius 2 is 2.00 bits per heavy atom. The zero-order valence-corrected chi connectivity index (χ0v) is 18.0. The van der Waals surface area contributed by atoms with Gasteiger partial charge in [0.1, 0.15) is 12.4 Å². The largest absolute Gasteiger partial charge is 0.463 e. The van der Waals surface area contributed by atoms with E-state index in [4.69, 9.17) is 4.74 Å². The molecule has 1 aromatic rings. The number of carbonyl (C=O) groups excluding carboxylic acids is 3. The third-order valence-corrected chi connectivity index (χ3v) is 5.22. The lowest BCUT2D eigenvalue weighted by Crippen LogP contribution is -2.44. The fourth-order valence-corrected chi connectivity index (χ4v) is 3.66. The van der Waals surface area contributed by atoms with Crippen LogP contribution in [0.1, 0.15) is 64.4 Å². The molecule has 0 unspecified atom stereocenters. The van der Waals surface area contributed by atoms with Gasteiger partial charge in [-0.1, -0.05) is 38.3 Å². The van der Waals surface area contributed by atoms with Gasteiger partial charge in [-0.25, -0.2) is 9.18 Å². The Labute approximate surface area is 177 Å². The molecule has 0 saturated heterocycles. The van der Waals surface area contributed by atoms with Gasteiger partial charge in [-0.3, -0.25) is 9.59 Å². The lowest BCUT2D eigenvalue weighted by molar-refractivity contribution is -0.141. The molecule has 1 aliphatic heterocycles. The lowest BCUT2D eigenvalue weighted by atomic mass is 9.83. The Bertz CT molecular complexity index is 806. The van der Waals surface area contributed by atoms with Crippen molar-refractivity contribution < 1.29 is 23.5 Å². The summed E-state index contributed by atoms with van der Waals surface area (Å²) in [4.78, 5) is 39.2. The van der Waals surface area contributed by atoms with Crippen LogP contribution < -0.4 is 5.32 Å². The van der Waals surface area contributed by atoms with Crippen LogP contribution >= 0.6 is 0 Å². The number of hydrogen-bond donors (Lipinski definition) is 1. The summed E-state index contributed by atoms with van der Waals surface area (Å²) in [6.07, 6.45) is 4.13. The molecule has 0 aliphatic carbocycles. The van der Waals surface area contributed by atoms with Gasteiger partial charge in [0, 0.05) is 24.6 Å². The molecule has 0 spiro atoms. The topological polar surface area (TPSA) is 75.7 Å². The molecule has 0 fully saturated rings. The molecule has 0 aromatic heterocycles. The Kier molecular flexibility index (Phi) is 9.02. The molecule has 0 bridgehead atoms. The molecule has 0 radical (unpaired) electrons. The molecule has 30 heavy (non-hydrogen) atoms. The van der Waals surface area contributed by atoms with Gasteiger partial charge in [0.05, 0.1) is 12.2 Å². The lowest BCUT2D eigenvalue weighted by Gasteiger charge is -2.34. The van der Waals surface area contributed by atoms with E-state index in [2.05, 4.69) is 12.2 Å². The Morgan fingerprint density at radius 3 is 2.67 bits per heavy atom. The van der Waals surface area contributed by atoms with E-state index in [0.717, 1.165) is 25.7 Å². The molecule has 1 N–H and O–H groups in total. The number of allylic oxidation sites excluding steroid dienone is 1. The maximum absolute atomic E-state index is 13.8. The SMILES string of the molecule is CCCCCCNC(=O)CN1C(=O)C[C@H](c2cccc(F)c2)C(C(=O)OCC)=C1C. The fourth-order valence-electron chi connectivity index (χ4n) is 3.66. The minimum Gasteiger partial charge on any atom is -0.463 e. The van der Waals surface area contributed by atoms with E-state index >= 15 is 0 Å². The fraction of sp³-hybridized carbons (Fsp3) is 0.522. The van der Waals surface area contributed by atoms with Crippen LogP contribution in [0.5, 0.6) is 0 Å². The van der Waals surface area contributed by atoms with Crippen LogP contribution in [-0.4, -0.2) is 42.4 Å².